The smallest absolute Gasteiger partial charge is 0.318 e. The zero-order valence-corrected chi connectivity index (χ0v) is 18.3. The van der Waals surface area contributed by atoms with Gasteiger partial charge in [-0.05, 0) is 25.7 Å². The Morgan fingerprint density at radius 2 is 1.16 bits per heavy atom. The van der Waals surface area contributed by atoms with E-state index in [1.807, 2.05) is 0 Å². The lowest BCUT2D eigenvalue weighted by atomic mass is 10.4. The first-order valence-electron chi connectivity index (χ1n) is 10.3. The van der Waals surface area contributed by atoms with E-state index in [1.165, 1.54) is 56.3 Å². The van der Waals surface area contributed by atoms with Crippen molar-refractivity contribution >= 4 is 19.2 Å². The maximum absolute atomic E-state index is 10.4. The number of unbranched alkanes of at least 4 members (excludes halogenated alkanes) is 4. The maximum atomic E-state index is 10.4. The van der Waals surface area contributed by atoms with Crippen molar-refractivity contribution in [2.45, 2.75) is 79.1 Å². The van der Waals surface area contributed by atoms with Gasteiger partial charge in [0.1, 0.15) is 6.54 Å². The number of imide groups is 1. The summed E-state index contributed by atoms with van der Waals surface area (Å²) in [6, 6.07) is -0.310. The fraction of sp³-hybridized carbons (Fsp3) is 0.900. The van der Waals surface area contributed by atoms with E-state index >= 15 is 0 Å². The zero-order chi connectivity index (χ0) is 19.1. The second-order valence-corrected chi connectivity index (χ2v) is 11.8. The second kappa shape index (κ2) is 14.5. The summed E-state index contributed by atoms with van der Waals surface area (Å²) in [6.45, 7) is 9.61. The van der Waals surface area contributed by atoms with Gasteiger partial charge in [-0.3, -0.25) is 10.1 Å². The SMILES string of the molecule is CCCC[P+](CCCC)(CCCC)CCCC.CN1CC(=O)NC1=O. The highest BCUT2D eigenvalue weighted by Gasteiger charge is 2.34. The van der Waals surface area contributed by atoms with E-state index in [4.69, 9.17) is 0 Å². The van der Waals surface area contributed by atoms with E-state index in [1.54, 1.807) is 31.7 Å². The Morgan fingerprint density at radius 3 is 1.32 bits per heavy atom. The van der Waals surface area contributed by atoms with Crippen molar-refractivity contribution in [1.29, 1.82) is 0 Å². The number of rotatable bonds is 12. The summed E-state index contributed by atoms with van der Waals surface area (Å²) in [7, 11) is 1.01. The molecule has 1 aliphatic heterocycles. The molecule has 1 aliphatic rings. The van der Waals surface area contributed by atoms with E-state index in [9.17, 15) is 9.59 Å². The van der Waals surface area contributed by atoms with Crippen LogP contribution in [0.15, 0.2) is 0 Å². The van der Waals surface area contributed by atoms with Crippen LogP contribution in [0.25, 0.3) is 0 Å². The summed E-state index contributed by atoms with van der Waals surface area (Å²) in [4.78, 5) is 22.0. The van der Waals surface area contributed by atoms with Crippen LogP contribution in [-0.2, 0) is 4.79 Å². The van der Waals surface area contributed by atoms with Gasteiger partial charge in [-0.1, -0.05) is 53.4 Å². The molecule has 0 aromatic heterocycles. The fourth-order valence-electron chi connectivity index (χ4n) is 3.19. The number of likely N-dealkylation sites (N-methyl/N-ethyl adjacent to an activating group) is 1. The Bertz CT molecular complexity index is 337. The van der Waals surface area contributed by atoms with Crippen LogP contribution in [-0.4, -0.2) is 55.1 Å². The predicted molar refractivity (Wildman–Crippen MR) is 112 cm³/mol. The average Bonchev–Trinajstić information content (AvgIpc) is 2.90. The first-order valence-corrected chi connectivity index (χ1v) is 12.9. The number of nitrogens with one attached hydrogen (secondary N) is 1. The van der Waals surface area contributed by atoms with Crippen LogP contribution < -0.4 is 5.32 Å². The predicted octanol–water partition coefficient (Wildman–Crippen LogP) is 5.37. The summed E-state index contributed by atoms with van der Waals surface area (Å²) in [5.41, 5.74) is 0. The van der Waals surface area contributed by atoms with Crippen LogP contribution in [0.4, 0.5) is 4.79 Å². The van der Waals surface area contributed by atoms with Crippen molar-refractivity contribution in [2.24, 2.45) is 0 Å². The van der Waals surface area contributed by atoms with Gasteiger partial charge in [0.2, 0.25) is 5.91 Å². The van der Waals surface area contributed by atoms with Gasteiger partial charge in [0.15, 0.2) is 0 Å². The van der Waals surface area contributed by atoms with Gasteiger partial charge in [0, 0.05) is 14.3 Å². The van der Waals surface area contributed by atoms with Crippen LogP contribution in [0, 0.1) is 0 Å². The minimum absolute atomic E-state index is 0.193. The number of nitrogens with zero attached hydrogens (tertiary/aromatic N) is 1. The molecule has 0 atom stereocenters. The highest BCUT2D eigenvalue weighted by molar-refractivity contribution is 7.75. The van der Waals surface area contributed by atoms with Crippen LogP contribution in [0.2, 0.25) is 0 Å². The minimum Gasteiger partial charge on any atom is -0.318 e. The van der Waals surface area contributed by atoms with E-state index in [-0.39, 0.29) is 18.5 Å². The quantitative estimate of drug-likeness (QED) is 0.369. The molecule has 1 heterocycles. The van der Waals surface area contributed by atoms with Crippen molar-refractivity contribution in [2.75, 3.05) is 38.2 Å². The molecule has 0 spiro atoms. The molecule has 1 fully saturated rings. The number of hydrogen-bond donors (Lipinski definition) is 1. The normalized spacial score (nSPS) is 14.4. The van der Waals surface area contributed by atoms with Crippen molar-refractivity contribution in [1.82, 2.24) is 10.2 Å². The molecule has 0 aromatic carbocycles. The van der Waals surface area contributed by atoms with E-state index < -0.39 is 7.26 Å². The van der Waals surface area contributed by atoms with Crippen LogP contribution in [0.3, 0.4) is 0 Å². The highest BCUT2D eigenvalue weighted by atomic mass is 31.2. The molecule has 5 heteroatoms. The summed E-state index contributed by atoms with van der Waals surface area (Å²) < 4.78 is 0. The molecule has 0 aliphatic carbocycles. The lowest BCUT2D eigenvalue weighted by Crippen LogP contribution is -2.24. The van der Waals surface area contributed by atoms with Crippen molar-refractivity contribution in [3.8, 4) is 0 Å². The van der Waals surface area contributed by atoms with Crippen molar-refractivity contribution < 1.29 is 9.59 Å². The number of carbonyl (C=O) groups excluding carboxylic acids is 2. The summed E-state index contributed by atoms with van der Waals surface area (Å²) in [5.74, 6) is -0.225. The van der Waals surface area contributed by atoms with E-state index in [0.29, 0.717) is 0 Å². The summed E-state index contributed by atoms with van der Waals surface area (Å²) in [6.07, 6.45) is 17.9. The molecule has 1 N–H and O–H groups in total. The molecule has 25 heavy (non-hydrogen) atoms. The molecular formula is C20H42N2O2P+. The summed E-state index contributed by atoms with van der Waals surface area (Å²) >= 11 is 0. The molecule has 0 unspecified atom stereocenters. The van der Waals surface area contributed by atoms with E-state index in [0.717, 1.165) is 0 Å². The van der Waals surface area contributed by atoms with Gasteiger partial charge in [-0.15, -0.1) is 0 Å². The van der Waals surface area contributed by atoms with Gasteiger partial charge in [-0.25, -0.2) is 4.79 Å². The first-order chi connectivity index (χ1) is 11.9. The number of carbonyl (C=O) groups is 2. The molecule has 4 nitrogen and oxygen atoms in total. The van der Waals surface area contributed by atoms with Crippen LogP contribution >= 0.6 is 7.26 Å². The largest absolute Gasteiger partial charge is 0.324 e. The second-order valence-electron chi connectivity index (χ2n) is 7.36. The molecule has 0 bridgehead atoms. The molecule has 0 radical (unpaired) electrons. The Labute approximate surface area is 156 Å². The Morgan fingerprint density at radius 1 is 0.800 bits per heavy atom. The topological polar surface area (TPSA) is 49.4 Å². The molecule has 0 aromatic rings. The van der Waals surface area contributed by atoms with Gasteiger partial charge < -0.3 is 4.90 Å². The number of amides is 3. The lowest BCUT2D eigenvalue weighted by Gasteiger charge is -2.28. The Hall–Kier alpha value is -0.630. The van der Waals surface area contributed by atoms with Crippen LogP contribution in [0.1, 0.15) is 79.1 Å². The summed E-state index contributed by atoms with van der Waals surface area (Å²) in [5, 5.41) is 2.11. The maximum Gasteiger partial charge on any atom is 0.324 e. The third-order valence-electron chi connectivity index (χ3n) is 4.92. The minimum atomic E-state index is -0.562. The fourth-order valence-corrected chi connectivity index (χ4v) is 8.48. The van der Waals surface area contributed by atoms with Gasteiger partial charge in [0.05, 0.1) is 24.6 Å². The molecule has 3 amide bonds. The van der Waals surface area contributed by atoms with Crippen molar-refractivity contribution in [3.63, 3.8) is 0 Å². The zero-order valence-electron chi connectivity index (χ0n) is 17.4. The van der Waals surface area contributed by atoms with Gasteiger partial charge in [0.25, 0.3) is 0 Å². The van der Waals surface area contributed by atoms with Crippen LogP contribution in [0.5, 0.6) is 0 Å². The first kappa shape index (κ1) is 24.4. The third kappa shape index (κ3) is 10.8. The monoisotopic (exact) mass is 373 g/mol. The molecule has 1 saturated heterocycles. The molecular weight excluding hydrogens is 331 g/mol. The van der Waals surface area contributed by atoms with Gasteiger partial charge in [-0.2, -0.15) is 0 Å². The number of hydrogen-bond acceptors (Lipinski definition) is 2. The molecule has 1 rings (SSSR count). The highest BCUT2D eigenvalue weighted by Crippen LogP contribution is 2.61. The average molecular weight is 374 g/mol. The number of urea groups is 1. The van der Waals surface area contributed by atoms with Gasteiger partial charge >= 0.3 is 6.03 Å². The standard InChI is InChI=1S/C16H36P.C4H6N2O2/c1-5-9-13-17(14-10-6-2,15-11-7-3)16-12-8-4;1-6-2-3(7)5-4(6)8/h5-16H2,1-4H3;2H2,1H3,(H,5,7,8)/q+1;. The Balaban J connectivity index is 0.000000593. The lowest BCUT2D eigenvalue weighted by molar-refractivity contribution is -0.118. The Kier molecular flexibility index (Phi) is 14.2. The third-order valence-corrected chi connectivity index (χ3v) is 9.98. The molecule has 0 saturated carbocycles. The van der Waals surface area contributed by atoms with E-state index in [2.05, 4.69) is 33.0 Å². The molecule has 148 valence electrons. The van der Waals surface area contributed by atoms with Crippen molar-refractivity contribution in [3.05, 3.63) is 0 Å².